The lowest BCUT2D eigenvalue weighted by molar-refractivity contribution is 0.0768. The molecule has 0 aliphatic rings. The number of amides is 1. The number of carbonyl (C=O) groups is 1. The maximum atomic E-state index is 12.2. The lowest BCUT2D eigenvalue weighted by atomic mass is 10.2. The van der Waals surface area contributed by atoms with Gasteiger partial charge >= 0.3 is 0 Å². The van der Waals surface area contributed by atoms with Crippen LogP contribution in [0.3, 0.4) is 0 Å². The van der Waals surface area contributed by atoms with Gasteiger partial charge in [0.2, 0.25) is 0 Å². The highest BCUT2D eigenvalue weighted by Gasteiger charge is 2.16. The van der Waals surface area contributed by atoms with Crippen LogP contribution in [-0.2, 0) is 0 Å². The van der Waals surface area contributed by atoms with E-state index in [1.807, 2.05) is 38.1 Å². The van der Waals surface area contributed by atoms with Crippen molar-refractivity contribution in [2.24, 2.45) is 0 Å². The second-order valence-corrected chi connectivity index (χ2v) is 4.08. The molecule has 2 aromatic rings. The standard InChI is InChI=1S/C14H18N2O2/c1-4-16(5-2)14(17)11-9-10-7-6-8-12(18-3)13(10)15-11/h6-9,15H,4-5H2,1-3H3. The number of H-pyrrole nitrogens is 1. The van der Waals surface area contributed by atoms with Crippen LogP contribution >= 0.6 is 0 Å². The fourth-order valence-electron chi connectivity index (χ4n) is 2.09. The predicted molar refractivity (Wildman–Crippen MR) is 72.1 cm³/mol. The van der Waals surface area contributed by atoms with E-state index in [1.165, 1.54) is 0 Å². The predicted octanol–water partition coefficient (Wildman–Crippen LogP) is 2.66. The fraction of sp³-hybridized carbons (Fsp3) is 0.357. The van der Waals surface area contributed by atoms with Gasteiger partial charge in [-0.25, -0.2) is 0 Å². The highest BCUT2D eigenvalue weighted by atomic mass is 16.5. The molecule has 0 saturated carbocycles. The van der Waals surface area contributed by atoms with Crippen LogP contribution in [0.4, 0.5) is 0 Å². The van der Waals surface area contributed by atoms with Crippen LogP contribution < -0.4 is 4.74 Å². The minimum absolute atomic E-state index is 0.0262. The van der Waals surface area contributed by atoms with Crippen LogP contribution in [-0.4, -0.2) is 36.0 Å². The van der Waals surface area contributed by atoms with Crippen molar-refractivity contribution in [2.75, 3.05) is 20.2 Å². The van der Waals surface area contributed by atoms with Gasteiger partial charge in [0.1, 0.15) is 11.4 Å². The van der Waals surface area contributed by atoms with Crippen molar-refractivity contribution in [1.82, 2.24) is 9.88 Å². The summed E-state index contributed by atoms with van der Waals surface area (Å²) >= 11 is 0. The zero-order chi connectivity index (χ0) is 13.1. The van der Waals surface area contributed by atoms with Gasteiger partial charge in [-0.2, -0.15) is 0 Å². The number of aromatic nitrogens is 1. The summed E-state index contributed by atoms with van der Waals surface area (Å²) in [5.74, 6) is 0.782. The maximum Gasteiger partial charge on any atom is 0.270 e. The van der Waals surface area contributed by atoms with Gasteiger partial charge in [0, 0.05) is 18.5 Å². The number of nitrogens with one attached hydrogen (secondary N) is 1. The lowest BCUT2D eigenvalue weighted by Crippen LogP contribution is -2.30. The zero-order valence-electron chi connectivity index (χ0n) is 11.0. The van der Waals surface area contributed by atoms with Crippen molar-refractivity contribution >= 4 is 16.8 Å². The molecule has 1 N–H and O–H groups in total. The molecule has 0 aliphatic carbocycles. The molecule has 1 aromatic heterocycles. The Morgan fingerprint density at radius 3 is 2.67 bits per heavy atom. The third kappa shape index (κ3) is 2.06. The van der Waals surface area contributed by atoms with Gasteiger partial charge < -0.3 is 14.6 Å². The third-order valence-electron chi connectivity index (χ3n) is 3.12. The molecule has 1 aromatic carbocycles. The molecule has 1 heterocycles. The van der Waals surface area contributed by atoms with Crippen molar-refractivity contribution in [3.8, 4) is 5.75 Å². The van der Waals surface area contributed by atoms with Gasteiger partial charge in [0.25, 0.3) is 5.91 Å². The maximum absolute atomic E-state index is 12.2. The quantitative estimate of drug-likeness (QED) is 0.901. The second kappa shape index (κ2) is 5.12. The molecule has 0 radical (unpaired) electrons. The molecule has 18 heavy (non-hydrogen) atoms. The molecular weight excluding hydrogens is 228 g/mol. The SMILES string of the molecule is CCN(CC)C(=O)c1cc2cccc(OC)c2[nH]1. The Balaban J connectivity index is 2.44. The fourth-order valence-corrected chi connectivity index (χ4v) is 2.09. The molecule has 0 spiro atoms. The average molecular weight is 246 g/mol. The largest absolute Gasteiger partial charge is 0.495 e. The van der Waals surface area contributed by atoms with Crippen molar-refractivity contribution < 1.29 is 9.53 Å². The molecule has 0 saturated heterocycles. The van der Waals surface area contributed by atoms with E-state index in [9.17, 15) is 4.79 Å². The van der Waals surface area contributed by atoms with E-state index in [0.29, 0.717) is 18.8 Å². The lowest BCUT2D eigenvalue weighted by Gasteiger charge is -2.17. The summed E-state index contributed by atoms with van der Waals surface area (Å²) in [7, 11) is 1.63. The van der Waals surface area contributed by atoms with Crippen LogP contribution in [0.15, 0.2) is 24.3 Å². The van der Waals surface area contributed by atoms with Gasteiger partial charge in [0.05, 0.1) is 12.6 Å². The first-order chi connectivity index (χ1) is 8.71. The summed E-state index contributed by atoms with van der Waals surface area (Å²) < 4.78 is 5.28. The molecule has 2 rings (SSSR count). The first-order valence-corrected chi connectivity index (χ1v) is 6.16. The normalized spacial score (nSPS) is 10.6. The minimum atomic E-state index is 0.0262. The van der Waals surface area contributed by atoms with Crippen molar-refractivity contribution in [3.63, 3.8) is 0 Å². The van der Waals surface area contributed by atoms with E-state index in [4.69, 9.17) is 4.74 Å². The third-order valence-corrected chi connectivity index (χ3v) is 3.12. The van der Waals surface area contributed by atoms with E-state index in [0.717, 1.165) is 16.7 Å². The smallest absolute Gasteiger partial charge is 0.270 e. The average Bonchev–Trinajstić information content (AvgIpc) is 2.83. The van der Waals surface area contributed by atoms with Crippen molar-refractivity contribution in [2.45, 2.75) is 13.8 Å². The Labute approximate surface area is 107 Å². The molecular formula is C14H18N2O2. The zero-order valence-corrected chi connectivity index (χ0v) is 11.0. The highest BCUT2D eigenvalue weighted by Crippen LogP contribution is 2.25. The number of methoxy groups -OCH3 is 1. The van der Waals surface area contributed by atoms with E-state index in [1.54, 1.807) is 12.0 Å². The van der Waals surface area contributed by atoms with Crippen LogP contribution in [0.5, 0.6) is 5.75 Å². The molecule has 0 bridgehead atoms. The van der Waals surface area contributed by atoms with E-state index < -0.39 is 0 Å². The number of ether oxygens (including phenoxy) is 1. The minimum Gasteiger partial charge on any atom is -0.495 e. The first kappa shape index (κ1) is 12.5. The summed E-state index contributed by atoms with van der Waals surface area (Å²) in [6.45, 7) is 5.37. The number of fused-ring (bicyclic) bond motifs is 1. The molecule has 0 aliphatic heterocycles. The molecule has 0 unspecified atom stereocenters. The van der Waals surface area contributed by atoms with Gasteiger partial charge in [0.15, 0.2) is 0 Å². The van der Waals surface area contributed by atoms with Crippen LogP contribution in [0.25, 0.3) is 10.9 Å². The summed E-state index contributed by atoms with van der Waals surface area (Å²) in [4.78, 5) is 17.2. The van der Waals surface area contributed by atoms with Crippen molar-refractivity contribution in [3.05, 3.63) is 30.0 Å². The van der Waals surface area contributed by atoms with Crippen LogP contribution in [0.1, 0.15) is 24.3 Å². The molecule has 96 valence electrons. The number of hydrogen-bond acceptors (Lipinski definition) is 2. The van der Waals surface area contributed by atoms with Crippen LogP contribution in [0.2, 0.25) is 0 Å². The highest BCUT2D eigenvalue weighted by molar-refractivity contribution is 5.99. The Morgan fingerprint density at radius 1 is 1.33 bits per heavy atom. The molecule has 4 heteroatoms. The number of benzene rings is 1. The molecule has 0 fully saturated rings. The van der Waals surface area contributed by atoms with Gasteiger partial charge in [-0.1, -0.05) is 12.1 Å². The topological polar surface area (TPSA) is 45.3 Å². The number of carbonyl (C=O) groups excluding carboxylic acids is 1. The number of aromatic amines is 1. The summed E-state index contributed by atoms with van der Waals surface area (Å²) in [6, 6.07) is 7.64. The van der Waals surface area contributed by atoms with E-state index in [-0.39, 0.29) is 5.91 Å². The Hall–Kier alpha value is -1.97. The number of para-hydroxylation sites is 1. The Kier molecular flexibility index (Phi) is 3.55. The summed E-state index contributed by atoms with van der Waals surface area (Å²) in [6.07, 6.45) is 0. The van der Waals surface area contributed by atoms with Gasteiger partial charge in [-0.15, -0.1) is 0 Å². The van der Waals surface area contributed by atoms with Gasteiger partial charge in [-0.3, -0.25) is 4.79 Å². The molecule has 1 amide bonds. The number of rotatable bonds is 4. The van der Waals surface area contributed by atoms with Crippen molar-refractivity contribution in [1.29, 1.82) is 0 Å². The van der Waals surface area contributed by atoms with E-state index >= 15 is 0 Å². The summed E-state index contributed by atoms with van der Waals surface area (Å²) in [5.41, 5.74) is 1.48. The Bertz CT molecular complexity index is 556. The molecule has 4 nitrogen and oxygen atoms in total. The van der Waals surface area contributed by atoms with Gasteiger partial charge in [-0.05, 0) is 26.0 Å². The Morgan fingerprint density at radius 2 is 2.06 bits per heavy atom. The first-order valence-electron chi connectivity index (χ1n) is 6.16. The molecule has 0 atom stereocenters. The van der Waals surface area contributed by atoms with E-state index in [2.05, 4.69) is 4.98 Å². The second-order valence-electron chi connectivity index (χ2n) is 4.08. The monoisotopic (exact) mass is 246 g/mol. The summed E-state index contributed by atoms with van der Waals surface area (Å²) in [5, 5.41) is 0.991. The number of nitrogens with zero attached hydrogens (tertiary/aromatic N) is 1. The number of hydrogen-bond donors (Lipinski definition) is 1. The van der Waals surface area contributed by atoms with Crippen LogP contribution in [0, 0.1) is 0 Å².